The summed E-state index contributed by atoms with van der Waals surface area (Å²) in [6, 6.07) is 10.5. The largest absolute Gasteiger partial charge is 0.273 e. The highest BCUT2D eigenvalue weighted by Gasteiger charge is 2.16. The van der Waals surface area contributed by atoms with Gasteiger partial charge < -0.3 is 0 Å². The fraction of sp³-hybridized carbons (Fsp3) is 0.0625. The molecule has 1 amide bonds. The van der Waals surface area contributed by atoms with Crippen LogP contribution in [0.25, 0.3) is 11.0 Å². The van der Waals surface area contributed by atoms with Gasteiger partial charge in [0.15, 0.2) is 5.65 Å². The molecule has 0 bridgehead atoms. The van der Waals surface area contributed by atoms with E-state index >= 15 is 0 Å². The molecule has 0 unspecified atom stereocenters. The minimum Gasteiger partial charge on any atom is -0.267 e. The normalized spacial score (nSPS) is 10.7. The zero-order chi connectivity index (χ0) is 16.6. The van der Waals surface area contributed by atoms with Crippen LogP contribution in [-0.2, 0) is 0 Å². The lowest BCUT2D eigenvalue weighted by molar-refractivity contribution is 0.101. The topological polar surface area (TPSA) is 46.9 Å². The molecule has 1 aromatic carbocycles. The van der Waals surface area contributed by atoms with E-state index < -0.39 is 5.91 Å². The number of aromatic nitrogens is 2. The second kappa shape index (κ2) is 6.28. The van der Waals surface area contributed by atoms with Crippen molar-refractivity contribution in [2.75, 3.05) is 5.43 Å². The van der Waals surface area contributed by atoms with Crippen LogP contribution in [0.5, 0.6) is 0 Å². The molecule has 7 heteroatoms. The minimum absolute atomic E-state index is 0.198. The van der Waals surface area contributed by atoms with Crippen molar-refractivity contribution in [1.82, 2.24) is 9.66 Å². The molecule has 0 aliphatic rings. The van der Waals surface area contributed by atoms with Crippen LogP contribution in [0.15, 0.2) is 42.6 Å². The molecular formula is C16H11Cl2N3OS. The fourth-order valence-electron chi connectivity index (χ4n) is 2.25. The van der Waals surface area contributed by atoms with Gasteiger partial charge in [0.1, 0.15) is 4.64 Å². The number of nitrogens with zero attached hydrogens (tertiary/aromatic N) is 2. The van der Waals surface area contributed by atoms with Crippen molar-refractivity contribution in [2.45, 2.75) is 6.92 Å². The molecule has 1 N–H and O–H groups in total. The summed E-state index contributed by atoms with van der Waals surface area (Å²) in [5.74, 6) is -0.450. The van der Waals surface area contributed by atoms with Gasteiger partial charge in [0.2, 0.25) is 0 Å². The molecule has 23 heavy (non-hydrogen) atoms. The number of hydrogen-bond donors (Lipinski definition) is 1. The molecule has 0 spiro atoms. The maximum atomic E-state index is 12.6. The molecule has 3 aromatic rings. The van der Waals surface area contributed by atoms with Gasteiger partial charge in [-0.15, -0.1) is 0 Å². The van der Waals surface area contributed by atoms with Crippen molar-refractivity contribution in [3.8, 4) is 0 Å². The average Bonchev–Trinajstić information content (AvgIpc) is 2.51. The van der Waals surface area contributed by atoms with Gasteiger partial charge in [-0.2, -0.15) is 0 Å². The highest BCUT2D eigenvalue weighted by Crippen LogP contribution is 2.24. The molecule has 0 aliphatic heterocycles. The summed E-state index contributed by atoms with van der Waals surface area (Å²) in [7, 11) is 0. The first-order chi connectivity index (χ1) is 11.0. The molecule has 0 radical (unpaired) electrons. The number of carbonyl (C=O) groups excluding carboxylic acids is 1. The van der Waals surface area contributed by atoms with Gasteiger partial charge >= 0.3 is 0 Å². The first-order valence-corrected chi connectivity index (χ1v) is 7.88. The molecule has 4 nitrogen and oxygen atoms in total. The van der Waals surface area contributed by atoms with Gasteiger partial charge in [-0.05, 0) is 42.8 Å². The van der Waals surface area contributed by atoms with E-state index in [1.54, 1.807) is 24.4 Å². The van der Waals surface area contributed by atoms with Crippen LogP contribution in [0, 0.1) is 11.6 Å². The van der Waals surface area contributed by atoms with E-state index in [1.165, 1.54) is 4.68 Å². The summed E-state index contributed by atoms with van der Waals surface area (Å²) in [5, 5.41) is 1.40. The van der Waals surface area contributed by atoms with Crippen LogP contribution in [0.4, 0.5) is 0 Å². The zero-order valence-electron chi connectivity index (χ0n) is 12.0. The lowest BCUT2D eigenvalue weighted by Crippen LogP contribution is -2.25. The van der Waals surface area contributed by atoms with Crippen molar-refractivity contribution in [3.05, 3.63) is 68.4 Å². The number of amides is 1. The number of pyridine rings is 2. The minimum atomic E-state index is -0.450. The molecule has 0 aliphatic carbocycles. The van der Waals surface area contributed by atoms with Gasteiger partial charge in [-0.1, -0.05) is 41.5 Å². The molecule has 2 aromatic heterocycles. The Bertz CT molecular complexity index is 964. The van der Waals surface area contributed by atoms with Gasteiger partial charge in [0.25, 0.3) is 5.91 Å². The second-order valence-corrected chi connectivity index (χ2v) is 6.12. The summed E-state index contributed by atoms with van der Waals surface area (Å²) >= 11 is 17.6. The summed E-state index contributed by atoms with van der Waals surface area (Å²) in [4.78, 5) is 16.9. The van der Waals surface area contributed by atoms with Crippen LogP contribution >= 0.6 is 35.4 Å². The number of carbonyl (C=O) groups is 1. The van der Waals surface area contributed by atoms with Crippen molar-refractivity contribution in [2.24, 2.45) is 0 Å². The summed E-state index contributed by atoms with van der Waals surface area (Å²) in [5.41, 5.74) is 4.34. The lowest BCUT2D eigenvalue weighted by Gasteiger charge is -2.14. The molecular weight excluding hydrogens is 353 g/mol. The van der Waals surface area contributed by atoms with Gasteiger partial charge in [-0.25, -0.2) is 9.66 Å². The Morgan fingerprint density at radius 1 is 1.22 bits per heavy atom. The molecule has 2 heterocycles. The van der Waals surface area contributed by atoms with Gasteiger partial charge in [0, 0.05) is 11.6 Å². The number of rotatable bonds is 2. The highest BCUT2D eigenvalue weighted by atomic mass is 35.5. The third-order valence-corrected chi connectivity index (χ3v) is 4.48. The third-order valence-electron chi connectivity index (χ3n) is 3.34. The highest BCUT2D eigenvalue weighted by molar-refractivity contribution is 7.71. The number of aryl methyl sites for hydroxylation is 1. The van der Waals surface area contributed by atoms with Crippen LogP contribution in [0.2, 0.25) is 10.0 Å². The standard InChI is InChI=1S/C16H11Cl2N3OS/c1-9-8-10-4-3-7-19-14(10)21(16(9)23)20-15(22)13-11(17)5-2-6-12(13)18/h2-8H,1H3,(H,20,22). The van der Waals surface area contributed by atoms with Crippen molar-refractivity contribution in [3.63, 3.8) is 0 Å². The van der Waals surface area contributed by atoms with E-state index in [0.29, 0.717) is 10.3 Å². The predicted molar refractivity (Wildman–Crippen MR) is 95.5 cm³/mol. The van der Waals surface area contributed by atoms with Crippen LogP contribution in [-0.4, -0.2) is 15.6 Å². The van der Waals surface area contributed by atoms with Gasteiger partial charge in [0.05, 0.1) is 15.6 Å². The molecule has 0 saturated heterocycles. The lowest BCUT2D eigenvalue weighted by atomic mass is 10.2. The second-order valence-electron chi connectivity index (χ2n) is 4.92. The Labute approximate surface area is 147 Å². The Morgan fingerprint density at radius 3 is 2.61 bits per heavy atom. The first kappa shape index (κ1) is 15.9. The zero-order valence-corrected chi connectivity index (χ0v) is 14.3. The van der Waals surface area contributed by atoms with Crippen molar-refractivity contribution >= 4 is 52.4 Å². The average molecular weight is 364 g/mol. The number of fused-ring (bicyclic) bond motifs is 1. The van der Waals surface area contributed by atoms with E-state index in [0.717, 1.165) is 10.9 Å². The number of halogens is 2. The monoisotopic (exact) mass is 363 g/mol. The summed E-state index contributed by atoms with van der Waals surface area (Å²) in [6.45, 7) is 1.87. The van der Waals surface area contributed by atoms with Crippen LogP contribution in [0.1, 0.15) is 15.9 Å². The first-order valence-electron chi connectivity index (χ1n) is 6.72. The Balaban J connectivity index is 2.14. The van der Waals surface area contributed by atoms with E-state index in [4.69, 9.17) is 35.4 Å². The SMILES string of the molecule is Cc1cc2cccnc2n(NC(=O)c2c(Cl)cccc2Cl)c1=S. The molecule has 116 valence electrons. The van der Waals surface area contributed by atoms with E-state index in [2.05, 4.69) is 10.4 Å². The third kappa shape index (κ3) is 2.95. The Morgan fingerprint density at radius 2 is 1.91 bits per heavy atom. The molecule has 0 fully saturated rings. The van der Waals surface area contributed by atoms with Crippen molar-refractivity contribution in [1.29, 1.82) is 0 Å². The number of benzene rings is 1. The predicted octanol–water partition coefficient (Wildman–Crippen LogP) is 4.76. The summed E-state index contributed by atoms with van der Waals surface area (Å²) in [6.07, 6.45) is 1.64. The van der Waals surface area contributed by atoms with E-state index in [-0.39, 0.29) is 15.6 Å². The summed E-state index contributed by atoms with van der Waals surface area (Å²) < 4.78 is 1.94. The maximum Gasteiger partial charge on any atom is 0.273 e. The van der Waals surface area contributed by atoms with Crippen LogP contribution < -0.4 is 5.43 Å². The van der Waals surface area contributed by atoms with E-state index in [9.17, 15) is 4.79 Å². The number of hydrogen-bond acceptors (Lipinski definition) is 3. The molecule has 0 saturated carbocycles. The molecule has 0 atom stereocenters. The maximum absolute atomic E-state index is 12.6. The smallest absolute Gasteiger partial charge is 0.267 e. The van der Waals surface area contributed by atoms with E-state index in [1.807, 2.05) is 25.1 Å². The fourth-order valence-corrected chi connectivity index (χ4v) is 3.01. The number of nitrogens with one attached hydrogen (secondary N) is 1. The molecule has 3 rings (SSSR count). The Hall–Kier alpha value is -1.95. The van der Waals surface area contributed by atoms with Crippen LogP contribution in [0.3, 0.4) is 0 Å². The Kier molecular flexibility index (Phi) is 4.35. The van der Waals surface area contributed by atoms with Gasteiger partial charge in [-0.3, -0.25) is 10.2 Å². The van der Waals surface area contributed by atoms with Crippen molar-refractivity contribution < 1.29 is 4.79 Å². The quantitative estimate of drug-likeness (QED) is 0.667.